The molecule has 0 radical (unpaired) electrons. The van der Waals surface area contributed by atoms with E-state index in [2.05, 4.69) is 24.3 Å². The summed E-state index contributed by atoms with van der Waals surface area (Å²) < 4.78 is 6.67. The number of allylic oxidation sites excluding steroid dienone is 7. The molecule has 2 heteroatoms. The van der Waals surface area contributed by atoms with E-state index in [0.717, 1.165) is 56.9 Å². The molecule has 4 aliphatic carbocycles. The zero-order chi connectivity index (χ0) is 37.6. The molecule has 0 aliphatic heterocycles. The topological polar surface area (TPSA) is 26.3 Å². The minimum atomic E-state index is -0.0191. The lowest BCUT2D eigenvalue weighted by atomic mass is 9.81. The standard InChI is InChI=1S/C52H86O2/c53-52(54-45-46-37-29-21-13-5-1-6-14-22-30-38-46)51(49-43-35-27-19-11-4-12-20-28-36-44-49)50(47-39-31-23-15-7-2-8-16-24-32-40-47)48-41-33-25-17-9-3-10-18-26-34-42-48/h37,39,41,43H,1-36,38,40,42,44-45H2/b46-37+,47-39-,48-41+,49-43-,51-50+. The average molecular weight is 743 g/mol. The van der Waals surface area contributed by atoms with Gasteiger partial charge in [0.1, 0.15) is 6.61 Å². The van der Waals surface area contributed by atoms with Crippen LogP contribution in [0.4, 0.5) is 0 Å². The lowest BCUT2D eigenvalue weighted by molar-refractivity contribution is -0.137. The molecule has 0 amide bonds. The quantitative estimate of drug-likeness (QED) is 0.154. The molecular weight excluding hydrogens is 657 g/mol. The Kier molecular flexibility index (Phi) is 25.2. The molecule has 306 valence electrons. The van der Waals surface area contributed by atoms with Crippen LogP contribution in [0.5, 0.6) is 0 Å². The molecule has 0 spiro atoms. The molecule has 0 saturated carbocycles. The summed E-state index contributed by atoms with van der Waals surface area (Å²) in [5, 5.41) is 0. The fraction of sp³-hybridized carbons (Fsp3) is 0.788. The van der Waals surface area contributed by atoms with E-state index < -0.39 is 0 Å². The number of rotatable bonds is 6. The average Bonchev–Trinajstić information content (AvgIpc) is 3.15. The van der Waals surface area contributed by atoms with E-state index in [4.69, 9.17) is 4.74 Å². The van der Waals surface area contributed by atoms with Crippen molar-refractivity contribution in [2.75, 3.05) is 6.61 Å². The number of esters is 1. The molecule has 0 N–H and O–H groups in total. The summed E-state index contributed by atoms with van der Waals surface area (Å²) >= 11 is 0. The van der Waals surface area contributed by atoms with Gasteiger partial charge in [-0.1, -0.05) is 178 Å². The summed E-state index contributed by atoms with van der Waals surface area (Å²) in [4.78, 5) is 15.2. The van der Waals surface area contributed by atoms with Crippen LogP contribution < -0.4 is 0 Å². The van der Waals surface area contributed by atoms with Gasteiger partial charge in [0.25, 0.3) is 0 Å². The summed E-state index contributed by atoms with van der Waals surface area (Å²) in [6.45, 7) is 0.473. The number of carbonyl (C=O) groups excluding carboxylic acids is 1. The van der Waals surface area contributed by atoms with Crippen LogP contribution in [0.1, 0.15) is 257 Å². The van der Waals surface area contributed by atoms with Gasteiger partial charge in [-0.2, -0.15) is 0 Å². The lowest BCUT2D eigenvalue weighted by Crippen LogP contribution is -2.17. The summed E-state index contributed by atoms with van der Waals surface area (Å²) in [5.41, 5.74) is 7.98. The van der Waals surface area contributed by atoms with Crippen molar-refractivity contribution in [3.63, 3.8) is 0 Å². The molecule has 0 unspecified atom stereocenters. The molecule has 0 aromatic heterocycles. The first-order valence-electron chi connectivity index (χ1n) is 24.5. The van der Waals surface area contributed by atoms with Gasteiger partial charge in [0.05, 0.1) is 5.57 Å². The Balaban J connectivity index is 1.80. The molecule has 2 nitrogen and oxygen atoms in total. The third-order valence-electron chi connectivity index (χ3n) is 13.1. The van der Waals surface area contributed by atoms with Crippen LogP contribution in [0.3, 0.4) is 0 Å². The highest BCUT2D eigenvalue weighted by Gasteiger charge is 2.26. The second-order valence-electron chi connectivity index (χ2n) is 17.8. The van der Waals surface area contributed by atoms with Gasteiger partial charge < -0.3 is 4.74 Å². The van der Waals surface area contributed by atoms with Gasteiger partial charge in [-0.15, -0.1) is 0 Å². The summed E-state index contributed by atoms with van der Waals surface area (Å²) in [7, 11) is 0. The van der Waals surface area contributed by atoms with E-state index in [1.54, 1.807) is 0 Å². The second kappa shape index (κ2) is 30.3. The Morgan fingerprint density at radius 2 is 0.648 bits per heavy atom. The fourth-order valence-corrected chi connectivity index (χ4v) is 9.63. The number of carbonyl (C=O) groups is 1. The molecule has 0 atom stereocenters. The van der Waals surface area contributed by atoms with Crippen LogP contribution >= 0.6 is 0 Å². The number of ether oxygens (including phenoxy) is 1. The second-order valence-corrected chi connectivity index (χ2v) is 17.8. The van der Waals surface area contributed by atoms with E-state index in [-0.39, 0.29) is 5.97 Å². The third kappa shape index (κ3) is 19.4. The van der Waals surface area contributed by atoms with Crippen molar-refractivity contribution in [3.05, 3.63) is 57.7 Å². The molecule has 0 fully saturated rings. The van der Waals surface area contributed by atoms with Crippen molar-refractivity contribution in [1.82, 2.24) is 0 Å². The smallest absolute Gasteiger partial charge is 0.339 e. The van der Waals surface area contributed by atoms with Crippen molar-refractivity contribution in [2.24, 2.45) is 0 Å². The largest absolute Gasteiger partial charge is 0.458 e. The fourth-order valence-electron chi connectivity index (χ4n) is 9.63. The molecule has 0 heterocycles. The Morgan fingerprint density at radius 3 is 1.06 bits per heavy atom. The Hall–Kier alpha value is -1.83. The van der Waals surface area contributed by atoms with Crippen molar-refractivity contribution < 1.29 is 9.53 Å². The number of hydrogen-bond donors (Lipinski definition) is 0. The van der Waals surface area contributed by atoms with Gasteiger partial charge in [-0.05, 0) is 131 Å². The van der Waals surface area contributed by atoms with Crippen LogP contribution in [0.2, 0.25) is 0 Å². The summed E-state index contributed by atoms with van der Waals surface area (Å²) in [5.74, 6) is -0.0191. The normalized spacial score (nSPS) is 27.6. The molecule has 54 heavy (non-hydrogen) atoms. The minimum absolute atomic E-state index is 0.0191. The van der Waals surface area contributed by atoms with Crippen LogP contribution in [0.25, 0.3) is 0 Å². The SMILES string of the molecule is O=C(OC/C1=C/CCCCCCCCCC1)C(=C(C1=C\CCCCCCCCCC\1)/C1=C/CCCCCCCCCC1)/C1=C\CCCCCCCCCC1. The zero-order valence-corrected chi connectivity index (χ0v) is 35.6. The third-order valence-corrected chi connectivity index (χ3v) is 13.1. The van der Waals surface area contributed by atoms with E-state index >= 15 is 4.79 Å². The van der Waals surface area contributed by atoms with Crippen LogP contribution in [-0.4, -0.2) is 12.6 Å². The Labute approximate surface area is 335 Å². The molecule has 4 aliphatic rings. The maximum Gasteiger partial charge on any atom is 0.339 e. The van der Waals surface area contributed by atoms with Gasteiger partial charge >= 0.3 is 5.97 Å². The van der Waals surface area contributed by atoms with Gasteiger partial charge in [0.15, 0.2) is 0 Å². The van der Waals surface area contributed by atoms with E-state index in [9.17, 15) is 0 Å². The van der Waals surface area contributed by atoms with Crippen LogP contribution in [0, 0.1) is 0 Å². The Morgan fingerprint density at radius 1 is 0.352 bits per heavy atom. The van der Waals surface area contributed by atoms with E-state index in [0.29, 0.717) is 6.61 Å². The first-order valence-corrected chi connectivity index (χ1v) is 24.5. The molecule has 0 bridgehead atoms. The Bertz CT molecular complexity index is 1120. The first kappa shape index (κ1) is 44.9. The van der Waals surface area contributed by atoms with E-state index in [1.807, 2.05) is 0 Å². The van der Waals surface area contributed by atoms with Crippen molar-refractivity contribution >= 4 is 5.97 Å². The predicted molar refractivity (Wildman–Crippen MR) is 235 cm³/mol. The lowest BCUT2D eigenvalue weighted by Gasteiger charge is -2.24. The van der Waals surface area contributed by atoms with Crippen LogP contribution in [-0.2, 0) is 9.53 Å². The van der Waals surface area contributed by atoms with Gasteiger partial charge in [0.2, 0.25) is 0 Å². The monoisotopic (exact) mass is 743 g/mol. The zero-order valence-electron chi connectivity index (χ0n) is 35.6. The summed E-state index contributed by atoms with van der Waals surface area (Å²) in [6.07, 6.45) is 61.4. The first-order chi connectivity index (χ1) is 26.8. The molecule has 0 saturated heterocycles. The molecule has 0 aromatic rings. The van der Waals surface area contributed by atoms with Gasteiger partial charge in [-0.3, -0.25) is 0 Å². The molecule has 0 aromatic carbocycles. The highest BCUT2D eigenvalue weighted by molar-refractivity contribution is 5.96. The minimum Gasteiger partial charge on any atom is -0.458 e. The summed E-state index contributed by atoms with van der Waals surface area (Å²) in [6, 6.07) is 0. The highest BCUT2D eigenvalue weighted by Crippen LogP contribution is 2.38. The number of hydrogen-bond acceptors (Lipinski definition) is 2. The highest BCUT2D eigenvalue weighted by atomic mass is 16.5. The van der Waals surface area contributed by atoms with Crippen LogP contribution in [0.15, 0.2) is 57.7 Å². The maximum absolute atomic E-state index is 15.2. The van der Waals surface area contributed by atoms with E-state index in [1.165, 1.54) is 233 Å². The molecule has 4 rings (SSSR count). The predicted octanol–water partition coefficient (Wildman–Crippen LogP) is 17.2. The van der Waals surface area contributed by atoms with Crippen molar-refractivity contribution in [1.29, 1.82) is 0 Å². The molecular formula is C52H86O2. The van der Waals surface area contributed by atoms with Gasteiger partial charge in [0, 0.05) is 0 Å². The van der Waals surface area contributed by atoms with Gasteiger partial charge in [-0.25, -0.2) is 4.79 Å². The maximum atomic E-state index is 15.2. The van der Waals surface area contributed by atoms with Crippen molar-refractivity contribution in [2.45, 2.75) is 257 Å². The van der Waals surface area contributed by atoms with Crippen molar-refractivity contribution in [3.8, 4) is 0 Å².